The molecule has 0 spiro atoms. The minimum Gasteiger partial charge on any atom is -0.398 e. The number of nitrogen functional groups attached to an aromatic ring is 2. The maximum absolute atomic E-state index is 6.28. The first-order valence-electron chi connectivity index (χ1n) is 6.13. The van der Waals surface area contributed by atoms with E-state index >= 15 is 0 Å². The van der Waals surface area contributed by atoms with Crippen molar-refractivity contribution in [1.29, 1.82) is 0 Å². The summed E-state index contributed by atoms with van der Waals surface area (Å²) < 4.78 is 0. The summed E-state index contributed by atoms with van der Waals surface area (Å²) in [6.07, 6.45) is 0. The largest absolute Gasteiger partial charge is 0.398 e. The first-order valence-corrected chi connectivity index (χ1v) is 6.13. The van der Waals surface area contributed by atoms with Crippen LogP contribution < -0.4 is 22.9 Å². The van der Waals surface area contributed by atoms with Gasteiger partial charge in [-0.3, -0.25) is 0 Å². The minimum atomic E-state index is -1.20. The number of rotatable bonds is 2. The van der Waals surface area contributed by atoms with Gasteiger partial charge in [-0.15, -0.1) is 0 Å². The average molecular weight is 256 g/mol. The third-order valence-corrected chi connectivity index (χ3v) is 3.29. The Kier molecular flexibility index (Phi) is 3.22. The SMILES string of the molecule is Cc1ccc(C(N)(N)c2c(N)cc(C)cc2N)cc1. The van der Waals surface area contributed by atoms with Crippen molar-refractivity contribution in [2.45, 2.75) is 19.5 Å². The second-order valence-electron chi connectivity index (χ2n) is 5.05. The van der Waals surface area contributed by atoms with E-state index in [-0.39, 0.29) is 0 Å². The van der Waals surface area contributed by atoms with Gasteiger partial charge in [0.2, 0.25) is 0 Å². The van der Waals surface area contributed by atoms with Gasteiger partial charge in [-0.1, -0.05) is 29.8 Å². The molecule has 4 nitrogen and oxygen atoms in total. The lowest BCUT2D eigenvalue weighted by Gasteiger charge is -2.29. The summed E-state index contributed by atoms with van der Waals surface area (Å²) in [5.74, 6) is 0. The van der Waals surface area contributed by atoms with Crippen LogP contribution in [-0.4, -0.2) is 0 Å². The van der Waals surface area contributed by atoms with Crippen LogP contribution in [0.4, 0.5) is 11.4 Å². The molecule has 0 fully saturated rings. The Hall–Kier alpha value is -2.04. The Morgan fingerprint density at radius 3 is 1.74 bits per heavy atom. The Balaban J connectivity index is 2.59. The summed E-state index contributed by atoms with van der Waals surface area (Å²) in [5.41, 5.74) is 27.9. The van der Waals surface area contributed by atoms with E-state index in [1.165, 1.54) is 0 Å². The first kappa shape index (κ1) is 13.4. The third kappa shape index (κ3) is 2.41. The van der Waals surface area contributed by atoms with Crippen LogP contribution in [0.1, 0.15) is 22.3 Å². The normalized spacial score (nSPS) is 11.6. The van der Waals surface area contributed by atoms with Crippen LogP contribution in [0.2, 0.25) is 0 Å². The molecule has 0 radical (unpaired) electrons. The molecule has 100 valence electrons. The van der Waals surface area contributed by atoms with Crippen molar-refractivity contribution < 1.29 is 0 Å². The van der Waals surface area contributed by atoms with Crippen molar-refractivity contribution in [2.75, 3.05) is 11.5 Å². The van der Waals surface area contributed by atoms with E-state index in [1.807, 2.05) is 50.2 Å². The van der Waals surface area contributed by atoms with Gasteiger partial charge < -0.3 is 22.9 Å². The summed E-state index contributed by atoms with van der Waals surface area (Å²) >= 11 is 0. The van der Waals surface area contributed by atoms with Crippen LogP contribution in [0.15, 0.2) is 36.4 Å². The Labute approximate surface area is 113 Å². The van der Waals surface area contributed by atoms with Gasteiger partial charge in [0, 0.05) is 16.9 Å². The lowest BCUT2D eigenvalue weighted by molar-refractivity contribution is 0.572. The molecule has 0 amide bonds. The molecule has 0 heterocycles. The average Bonchev–Trinajstić information content (AvgIpc) is 2.27. The quantitative estimate of drug-likeness (QED) is 0.483. The highest BCUT2D eigenvalue weighted by molar-refractivity contribution is 5.67. The van der Waals surface area contributed by atoms with Crippen LogP contribution in [0, 0.1) is 13.8 Å². The molecule has 8 N–H and O–H groups in total. The van der Waals surface area contributed by atoms with E-state index in [2.05, 4.69) is 0 Å². The molecule has 0 aliphatic carbocycles. The van der Waals surface area contributed by atoms with E-state index in [0.717, 1.165) is 16.7 Å². The molecule has 0 aliphatic heterocycles. The number of benzene rings is 2. The molecule has 0 aromatic heterocycles. The number of anilines is 2. The van der Waals surface area contributed by atoms with E-state index in [4.69, 9.17) is 22.9 Å². The fourth-order valence-corrected chi connectivity index (χ4v) is 2.29. The summed E-state index contributed by atoms with van der Waals surface area (Å²) in [7, 11) is 0. The zero-order valence-corrected chi connectivity index (χ0v) is 11.3. The standard InChI is InChI=1S/C15H20N4/c1-9-3-5-11(6-4-9)15(18,19)14-12(16)7-10(2)8-13(14)17/h3-8H,16-19H2,1-2H3. The molecule has 4 heteroatoms. The van der Waals surface area contributed by atoms with Gasteiger partial charge in [0.1, 0.15) is 5.66 Å². The Morgan fingerprint density at radius 1 is 0.789 bits per heavy atom. The number of aryl methyl sites for hydroxylation is 2. The molecule has 19 heavy (non-hydrogen) atoms. The summed E-state index contributed by atoms with van der Waals surface area (Å²) in [5, 5.41) is 0. The maximum atomic E-state index is 6.28. The molecule has 0 bridgehead atoms. The monoisotopic (exact) mass is 256 g/mol. The van der Waals surface area contributed by atoms with Crippen LogP contribution in [0.25, 0.3) is 0 Å². The molecule has 0 unspecified atom stereocenters. The Morgan fingerprint density at radius 2 is 1.26 bits per heavy atom. The van der Waals surface area contributed by atoms with Gasteiger partial charge in [-0.2, -0.15) is 0 Å². The minimum absolute atomic E-state index is 0.517. The molecule has 0 atom stereocenters. The zero-order chi connectivity index (χ0) is 14.2. The van der Waals surface area contributed by atoms with Gasteiger partial charge in [-0.25, -0.2) is 0 Å². The predicted octanol–water partition coefficient (Wildman–Crippen LogP) is 1.59. The number of hydrogen-bond acceptors (Lipinski definition) is 4. The number of nitrogens with two attached hydrogens (primary N) is 4. The molecule has 0 saturated carbocycles. The van der Waals surface area contributed by atoms with Crippen molar-refractivity contribution in [2.24, 2.45) is 11.5 Å². The van der Waals surface area contributed by atoms with Gasteiger partial charge >= 0.3 is 0 Å². The zero-order valence-electron chi connectivity index (χ0n) is 11.3. The fourth-order valence-electron chi connectivity index (χ4n) is 2.29. The fraction of sp³-hybridized carbons (Fsp3) is 0.200. The van der Waals surface area contributed by atoms with Gasteiger partial charge in [0.15, 0.2) is 0 Å². The van der Waals surface area contributed by atoms with Crippen LogP contribution in [0.5, 0.6) is 0 Å². The molecule has 2 aromatic carbocycles. The Bertz CT molecular complexity index is 577. The van der Waals surface area contributed by atoms with Crippen LogP contribution in [-0.2, 0) is 5.66 Å². The summed E-state index contributed by atoms with van der Waals surface area (Å²) in [4.78, 5) is 0. The van der Waals surface area contributed by atoms with E-state index < -0.39 is 5.66 Å². The van der Waals surface area contributed by atoms with E-state index in [9.17, 15) is 0 Å². The molecule has 2 rings (SSSR count). The highest BCUT2D eigenvalue weighted by Crippen LogP contribution is 2.32. The van der Waals surface area contributed by atoms with Crippen molar-refractivity contribution in [3.8, 4) is 0 Å². The topological polar surface area (TPSA) is 104 Å². The van der Waals surface area contributed by atoms with Crippen molar-refractivity contribution >= 4 is 11.4 Å². The lowest BCUT2D eigenvalue weighted by atomic mass is 9.89. The molecular weight excluding hydrogens is 236 g/mol. The van der Waals surface area contributed by atoms with Gasteiger partial charge in [0.25, 0.3) is 0 Å². The van der Waals surface area contributed by atoms with Crippen LogP contribution in [0.3, 0.4) is 0 Å². The van der Waals surface area contributed by atoms with E-state index in [1.54, 1.807) is 0 Å². The lowest BCUT2D eigenvalue weighted by Crippen LogP contribution is -2.48. The van der Waals surface area contributed by atoms with Crippen molar-refractivity contribution in [1.82, 2.24) is 0 Å². The molecule has 2 aromatic rings. The smallest absolute Gasteiger partial charge is 0.120 e. The highest BCUT2D eigenvalue weighted by Gasteiger charge is 2.29. The third-order valence-electron chi connectivity index (χ3n) is 3.29. The van der Waals surface area contributed by atoms with Crippen LogP contribution >= 0.6 is 0 Å². The predicted molar refractivity (Wildman–Crippen MR) is 80.3 cm³/mol. The highest BCUT2D eigenvalue weighted by atomic mass is 15.0. The molecular formula is C15H20N4. The van der Waals surface area contributed by atoms with E-state index in [0.29, 0.717) is 16.9 Å². The molecule has 0 saturated heterocycles. The van der Waals surface area contributed by atoms with Crippen molar-refractivity contribution in [3.05, 3.63) is 58.7 Å². The second kappa shape index (κ2) is 4.57. The van der Waals surface area contributed by atoms with Gasteiger partial charge in [-0.05, 0) is 37.1 Å². The second-order valence-corrected chi connectivity index (χ2v) is 5.05. The van der Waals surface area contributed by atoms with Crippen molar-refractivity contribution in [3.63, 3.8) is 0 Å². The number of hydrogen-bond donors (Lipinski definition) is 4. The summed E-state index contributed by atoms with van der Waals surface area (Å²) in [6.45, 7) is 3.93. The first-order chi connectivity index (χ1) is 8.82. The molecule has 0 aliphatic rings. The summed E-state index contributed by atoms with van der Waals surface area (Å²) in [6, 6.07) is 11.4. The van der Waals surface area contributed by atoms with Gasteiger partial charge in [0.05, 0.1) is 0 Å². The maximum Gasteiger partial charge on any atom is 0.120 e.